The molecule has 5 nitrogen and oxygen atoms in total. The summed E-state index contributed by atoms with van der Waals surface area (Å²) in [5.41, 5.74) is 11.8. The maximum absolute atomic E-state index is 8.03. The molecule has 2 aliphatic heterocycles. The first-order valence-corrected chi connectivity index (χ1v) is 23.7. The van der Waals surface area contributed by atoms with Crippen molar-refractivity contribution in [1.29, 1.82) is 0 Å². The Kier molecular flexibility index (Phi) is 8.55. The van der Waals surface area contributed by atoms with Gasteiger partial charge in [-0.05, 0) is 167 Å². The summed E-state index contributed by atoms with van der Waals surface area (Å²) in [6.07, 6.45) is 16.5. The summed E-state index contributed by atoms with van der Waals surface area (Å²) in [7, 11) is 3.47. The Balaban J connectivity index is 1.19. The Hall–Kier alpha value is -4.74. The highest BCUT2D eigenvalue weighted by molar-refractivity contribution is 6.10. The van der Waals surface area contributed by atoms with E-state index in [2.05, 4.69) is 130 Å². The average Bonchev–Trinajstić information content (AvgIpc) is 3.52. The van der Waals surface area contributed by atoms with Crippen molar-refractivity contribution in [2.24, 2.45) is 28.6 Å². The van der Waals surface area contributed by atoms with E-state index in [9.17, 15) is 0 Å². The van der Waals surface area contributed by atoms with Crippen LogP contribution in [0.2, 0.25) is 0 Å². The van der Waals surface area contributed by atoms with E-state index < -0.39 is 5.60 Å². The zero-order valence-electron chi connectivity index (χ0n) is 37.7. The average molecular weight is 826 g/mol. The monoisotopic (exact) mass is 825 g/mol. The van der Waals surface area contributed by atoms with Gasteiger partial charge in [-0.2, -0.15) is 0 Å². The van der Waals surface area contributed by atoms with Crippen molar-refractivity contribution in [3.63, 3.8) is 0 Å². The quantitative estimate of drug-likeness (QED) is 0.171. The highest BCUT2D eigenvalue weighted by Gasteiger charge is 2.57. The van der Waals surface area contributed by atoms with Gasteiger partial charge in [0.05, 0.1) is 27.4 Å². The number of ether oxygens (including phenoxy) is 4. The largest absolute Gasteiger partial charge is 0.497 e. The van der Waals surface area contributed by atoms with Crippen molar-refractivity contribution in [1.82, 2.24) is 0 Å². The van der Waals surface area contributed by atoms with E-state index in [1.165, 1.54) is 89.2 Å². The predicted molar refractivity (Wildman–Crippen MR) is 251 cm³/mol. The van der Waals surface area contributed by atoms with Crippen molar-refractivity contribution in [3.8, 4) is 28.4 Å². The number of fused-ring (bicyclic) bond motifs is 10. The van der Waals surface area contributed by atoms with E-state index in [1.807, 2.05) is 0 Å². The fourth-order valence-electron chi connectivity index (χ4n) is 15.8. The van der Waals surface area contributed by atoms with Crippen LogP contribution in [-0.4, -0.2) is 40.5 Å². The summed E-state index contributed by atoms with van der Waals surface area (Å²) in [5.74, 6) is 5.22. The number of nitrogens with zero attached hydrogens (tertiary/aromatic N) is 1. The lowest BCUT2D eigenvalue weighted by Crippen LogP contribution is -2.49. The molecule has 6 aliphatic carbocycles. The van der Waals surface area contributed by atoms with Gasteiger partial charge in [-0.15, -0.1) is 0 Å². The molecule has 5 aromatic rings. The smallest absolute Gasteiger partial charge is 0.178 e. The van der Waals surface area contributed by atoms with Gasteiger partial charge in [-0.1, -0.05) is 82.3 Å². The normalized spacial score (nSPS) is 27.7. The summed E-state index contributed by atoms with van der Waals surface area (Å²) in [6.45, 7) is 13.4. The third kappa shape index (κ3) is 5.75. The van der Waals surface area contributed by atoms with Crippen molar-refractivity contribution in [2.75, 3.05) is 45.4 Å². The van der Waals surface area contributed by atoms with Gasteiger partial charge in [-0.25, -0.2) is 0 Å². The predicted octanol–water partition coefficient (Wildman–Crippen LogP) is 13.0. The highest BCUT2D eigenvalue weighted by Crippen LogP contribution is 2.68. The molecular formula is C57H63NO4. The molecule has 0 unspecified atom stereocenters. The fourth-order valence-corrected chi connectivity index (χ4v) is 15.8. The Morgan fingerprint density at radius 2 is 1.23 bits per heavy atom. The van der Waals surface area contributed by atoms with E-state index in [0.29, 0.717) is 0 Å². The molecule has 8 aliphatic rings. The van der Waals surface area contributed by atoms with Crippen LogP contribution < -0.4 is 19.1 Å². The van der Waals surface area contributed by atoms with Crippen LogP contribution in [0.3, 0.4) is 0 Å². The summed E-state index contributed by atoms with van der Waals surface area (Å²) >= 11 is 0. The highest BCUT2D eigenvalue weighted by atomic mass is 16.5. The molecule has 1 spiro atoms. The van der Waals surface area contributed by atoms with Gasteiger partial charge in [0.25, 0.3) is 0 Å². The van der Waals surface area contributed by atoms with E-state index >= 15 is 0 Å². The van der Waals surface area contributed by atoms with Crippen LogP contribution in [-0.2, 0) is 21.2 Å². The van der Waals surface area contributed by atoms with Crippen LogP contribution in [0.1, 0.15) is 119 Å². The lowest BCUT2D eigenvalue weighted by molar-refractivity contribution is -0.00502. The number of hydrogen-bond donors (Lipinski definition) is 0. The van der Waals surface area contributed by atoms with Crippen molar-refractivity contribution in [2.45, 2.75) is 102 Å². The first-order valence-electron chi connectivity index (χ1n) is 23.7. The number of morpholine rings is 1. The summed E-state index contributed by atoms with van der Waals surface area (Å²) in [4.78, 5) is 2.68. The second kappa shape index (κ2) is 13.6. The maximum atomic E-state index is 8.03. The van der Waals surface area contributed by atoms with Crippen LogP contribution in [0.25, 0.3) is 28.0 Å². The van der Waals surface area contributed by atoms with Gasteiger partial charge in [0.2, 0.25) is 0 Å². The molecule has 62 heavy (non-hydrogen) atoms. The standard InChI is InChI=1S/C57H63NO4/c1-53(2)33-54(3,4)35-56(34-53)47-10-8-7-9-43(47)50-45-28-48(55-30-36-25-37(31-55)27-38(26-36)32-55)49(58-21-23-61-24-22-58)29-46(45)52-44(51(50)56)19-20-57(62-52,39-11-15-41(59-5)16-12-39)40-13-17-42(60-6)18-14-40/h7-20,28-29,36-38H,21-27,30-35H2,1-6H3. The van der Waals surface area contributed by atoms with Crippen molar-refractivity contribution in [3.05, 3.63) is 124 Å². The summed E-state index contributed by atoms with van der Waals surface area (Å²) < 4.78 is 25.5. The van der Waals surface area contributed by atoms with Gasteiger partial charge >= 0.3 is 0 Å². The molecule has 13 rings (SSSR count). The topological polar surface area (TPSA) is 40.2 Å². The van der Waals surface area contributed by atoms with Crippen LogP contribution in [0.4, 0.5) is 5.69 Å². The molecule has 5 heteroatoms. The van der Waals surface area contributed by atoms with E-state index in [0.717, 1.165) is 85.3 Å². The second-order valence-electron chi connectivity index (χ2n) is 22.3. The van der Waals surface area contributed by atoms with Crippen molar-refractivity contribution >= 4 is 22.5 Å². The fraction of sp³-hybridized carbons (Fsp3) is 0.474. The first kappa shape index (κ1) is 38.9. The third-order valence-corrected chi connectivity index (χ3v) is 16.9. The number of benzene rings is 5. The van der Waals surface area contributed by atoms with E-state index in [1.54, 1.807) is 19.8 Å². The number of methoxy groups -OCH3 is 2. The maximum Gasteiger partial charge on any atom is 0.178 e. The van der Waals surface area contributed by atoms with Crippen LogP contribution >= 0.6 is 0 Å². The molecule has 2 heterocycles. The second-order valence-corrected chi connectivity index (χ2v) is 22.3. The Bertz CT molecular complexity index is 2530. The van der Waals surface area contributed by atoms with Gasteiger partial charge in [0, 0.05) is 46.3 Å². The minimum absolute atomic E-state index is 0.151. The minimum atomic E-state index is -0.895. The summed E-state index contributed by atoms with van der Waals surface area (Å²) in [6, 6.07) is 31.9. The molecule has 1 saturated heterocycles. The Morgan fingerprint density at radius 3 is 1.81 bits per heavy atom. The SMILES string of the molecule is COc1ccc(C2(c3ccc(OC)cc3)C=Cc3c4c(c5cc(C67CC8CC(CC(C8)C6)C7)c(N6CCOCC6)cc5c3O2)-c2ccccc2C42CC(C)(C)CC(C)(C)C2)cc1. The zero-order valence-corrected chi connectivity index (χ0v) is 37.7. The van der Waals surface area contributed by atoms with Gasteiger partial charge in [0.15, 0.2) is 5.60 Å². The van der Waals surface area contributed by atoms with E-state index in [4.69, 9.17) is 18.9 Å². The van der Waals surface area contributed by atoms with Gasteiger partial charge in [0.1, 0.15) is 17.2 Å². The number of hydrogen-bond acceptors (Lipinski definition) is 5. The Morgan fingerprint density at radius 1 is 0.645 bits per heavy atom. The summed E-state index contributed by atoms with van der Waals surface area (Å²) in [5, 5.41) is 2.60. The number of rotatable bonds is 6. The Labute approximate surface area is 368 Å². The molecule has 6 fully saturated rings. The molecule has 5 saturated carbocycles. The molecule has 320 valence electrons. The molecule has 5 aromatic carbocycles. The molecule has 0 amide bonds. The molecular weight excluding hydrogens is 763 g/mol. The zero-order chi connectivity index (χ0) is 42.2. The third-order valence-electron chi connectivity index (χ3n) is 16.9. The lowest BCUT2D eigenvalue weighted by atomic mass is 9.47. The first-order chi connectivity index (χ1) is 29.9. The van der Waals surface area contributed by atoms with Crippen molar-refractivity contribution < 1.29 is 18.9 Å². The number of anilines is 1. The van der Waals surface area contributed by atoms with Gasteiger partial charge in [-0.3, -0.25) is 0 Å². The molecule has 0 atom stereocenters. The van der Waals surface area contributed by atoms with E-state index in [-0.39, 0.29) is 21.7 Å². The van der Waals surface area contributed by atoms with Crippen LogP contribution in [0.5, 0.6) is 17.2 Å². The van der Waals surface area contributed by atoms with Crippen LogP contribution in [0.15, 0.2) is 91.0 Å². The molecule has 4 bridgehead atoms. The van der Waals surface area contributed by atoms with Crippen LogP contribution in [0, 0.1) is 28.6 Å². The minimum Gasteiger partial charge on any atom is -0.497 e. The lowest BCUT2D eigenvalue weighted by Gasteiger charge is -2.58. The molecule has 0 N–H and O–H groups in total. The molecule has 0 radical (unpaired) electrons. The molecule has 0 aromatic heterocycles. The van der Waals surface area contributed by atoms with Gasteiger partial charge < -0.3 is 23.8 Å².